The molecule has 0 saturated carbocycles. The molecular formula is C20H28N4. The maximum absolute atomic E-state index is 4.98. The first-order valence-corrected chi connectivity index (χ1v) is 9.42. The molecule has 0 N–H and O–H groups in total. The van der Waals surface area contributed by atoms with E-state index in [0.29, 0.717) is 6.04 Å². The molecule has 0 fully saturated rings. The molecule has 1 unspecified atom stereocenters. The second-order valence-corrected chi connectivity index (χ2v) is 7.53. The molecule has 2 atom stereocenters. The highest BCUT2D eigenvalue weighted by Gasteiger charge is 2.22. The highest BCUT2D eigenvalue weighted by molar-refractivity contribution is 6.03. The minimum atomic E-state index is 0.478. The third kappa shape index (κ3) is 2.77. The lowest BCUT2D eigenvalue weighted by Crippen LogP contribution is -2.28. The smallest absolute Gasteiger partial charge is 0.111 e. The fourth-order valence-electron chi connectivity index (χ4n) is 4.14. The summed E-state index contributed by atoms with van der Waals surface area (Å²) in [6, 6.07) is 7.25. The van der Waals surface area contributed by atoms with Crippen LogP contribution >= 0.6 is 0 Å². The SMILES string of the molecule is CCN1CCc2nc3cc(C4=NC[C@@H](C)CC4)ccc3n2C(C)C1. The van der Waals surface area contributed by atoms with Crippen LogP contribution in [0.15, 0.2) is 23.2 Å². The first kappa shape index (κ1) is 15.8. The Morgan fingerprint density at radius 2 is 2.08 bits per heavy atom. The first-order valence-electron chi connectivity index (χ1n) is 9.42. The Hall–Kier alpha value is -1.68. The molecule has 0 spiro atoms. The second-order valence-electron chi connectivity index (χ2n) is 7.53. The summed E-state index contributed by atoms with van der Waals surface area (Å²) in [5.74, 6) is 1.97. The van der Waals surface area contributed by atoms with Gasteiger partial charge in [0.05, 0.1) is 11.0 Å². The van der Waals surface area contributed by atoms with E-state index in [9.17, 15) is 0 Å². The predicted octanol–water partition coefficient (Wildman–Crippen LogP) is 3.69. The van der Waals surface area contributed by atoms with E-state index in [-0.39, 0.29) is 0 Å². The van der Waals surface area contributed by atoms with Crippen LogP contribution in [0.2, 0.25) is 0 Å². The molecule has 4 nitrogen and oxygen atoms in total. The molecule has 3 heterocycles. The zero-order valence-electron chi connectivity index (χ0n) is 15.1. The summed E-state index contributed by atoms with van der Waals surface area (Å²) in [6.07, 6.45) is 3.39. The van der Waals surface area contributed by atoms with E-state index in [1.54, 1.807) is 0 Å². The van der Waals surface area contributed by atoms with Gasteiger partial charge in [-0.1, -0.05) is 19.9 Å². The molecule has 4 rings (SSSR count). The van der Waals surface area contributed by atoms with Gasteiger partial charge in [0.25, 0.3) is 0 Å². The number of hydrogen-bond donors (Lipinski definition) is 0. The lowest BCUT2D eigenvalue weighted by atomic mass is 9.96. The average molecular weight is 324 g/mol. The van der Waals surface area contributed by atoms with Crippen LogP contribution in [0.25, 0.3) is 11.0 Å². The summed E-state index contributed by atoms with van der Waals surface area (Å²) >= 11 is 0. The maximum Gasteiger partial charge on any atom is 0.111 e. The van der Waals surface area contributed by atoms with Crippen molar-refractivity contribution in [2.24, 2.45) is 10.9 Å². The number of hydrogen-bond acceptors (Lipinski definition) is 3. The van der Waals surface area contributed by atoms with Crippen molar-refractivity contribution in [3.8, 4) is 0 Å². The Morgan fingerprint density at radius 1 is 1.21 bits per heavy atom. The molecule has 2 aliphatic heterocycles. The summed E-state index contributed by atoms with van der Waals surface area (Å²) in [4.78, 5) is 12.3. The molecule has 0 bridgehead atoms. The number of nitrogens with zero attached hydrogens (tertiary/aromatic N) is 4. The minimum Gasteiger partial charge on any atom is -0.324 e. The summed E-state index contributed by atoms with van der Waals surface area (Å²) in [7, 11) is 0. The monoisotopic (exact) mass is 324 g/mol. The Morgan fingerprint density at radius 3 is 2.83 bits per heavy atom. The quantitative estimate of drug-likeness (QED) is 0.844. The summed E-state index contributed by atoms with van der Waals surface area (Å²) in [6.45, 7) is 11.2. The molecule has 2 aliphatic rings. The summed E-state index contributed by atoms with van der Waals surface area (Å²) in [5, 5.41) is 0. The number of imidazole rings is 1. The van der Waals surface area contributed by atoms with Crippen LogP contribution in [0, 0.1) is 5.92 Å². The molecule has 1 aromatic carbocycles. The molecule has 4 heteroatoms. The van der Waals surface area contributed by atoms with Crippen LogP contribution in [-0.4, -0.2) is 46.3 Å². The van der Waals surface area contributed by atoms with Gasteiger partial charge in [0.15, 0.2) is 0 Å². The van der Waals surface area contributed by atoms with Crippen LogP contribution in [0.4, 0.5) is 0 Å². The van der Waals surface area contributed by atoms with Crippen LogP contribution in [0.3, 0.4) is 0 Å². The van der Waals surface area contributed by atoms with E-state index < -0.39 is 0 Å². The molecule has 0 amide bonds. The van der Waals surface area contributed by atoms with E-state index in [2.05, 4.69) is 48.4 Å². The molecule has 0 radical (unpaired) electrons. The lowest BCUT2D eigenvalue weighted by molar-refractivity contribution is 0.271. The van der Waals surface area contributed by atoms with Crippen molar-refractivity contribution in [1.82, 2.24) is 14.5 Å². The van der Waals surface area contributed by atoms with Crippen molar-refractivity contribution in [3.05, 3.63) is 29.6 Å². The highest BCUT2D eigenvalue weighted by Crippen LogP contribution is 2.27. The molecule has 128 valence electrons. The van der Waals surface area contributed by atoms with Crippen molar-refractivity contribution < 1.29 is 0 Å². The molecule has 0 aliphatic carbocycles. The number of aliphatic imine (C=N–C) groups is 1. The average Bonchev–Trinajstić information content (AvgIpc) is 2.88. The van der Waals surface area contributed by atoms with Gasteiger partial charge in [-0.15, -0.1) is 0 Å². The Balaban J connectivity index is 1.71. The highest BCUT2D eigenvalue weighted by atomic mass is 15.2. The van der Waals surface area contributed by atoms with Crippen molar-refractivity contribution in [1.29, 1.82) is 0 Å². The fourth-order valence-corrected chi connectivity index (χ4v) is 4.14. The van der Waals surface area contributed by atoms with Gasteiger partial charge in [0.2, 0.25) is 0 Å². The van der Waals surface area contributed by atoms with Gasteiger partial charge in [-0.3, -0.25) is 4.99 Å². The van der Waals surface area contributed by atoms with E-state index >= 15 is 0 Å². The maximum atomic E-state index is 4.98. The Bertz CT molecular complexity index is 773. The van der Waals surface area contributed by atoms with Crippen LogP contribution in [0.1, 0.15) is 51.0 Å². The van der Waals surface area contributed by atoms with E-state index in [4.69, 9.17) is 9.98 Å². The molecular weight excluding hydrogens is 296 g/mol. The minimum absolute atomic E-state index is 0.478. The van der Waals surface area contributed by atoms with E-state index in [1.807, 2.05) is 0 Å². The first-order chi connectivity index (χ1) is 11.7. The van der Waals surface area contributed by atoms with Gasteiger partial charge < -0.3 is 9.47 Å². The molecule has 24 heavy (non-hydrogen) atoms. The Labute approximate surface area is 144 Å². The molecule has 0 saturated heterocycles. The lowest BCUT2D eigenvalue weighted by Gasteiger charge is -2.21. The Kier molecular flexibility index (Phi) is 4.17. The predicted molar refractivity (Wildman–Crippen MR) is 100 cm³/mol. The number of fused-ring (bicyclic) bond motifs is 3. The molecule has 1 aromatic heterocycles. The third-order valence-corrected chi connectivity index (χ3v) is 5.63. The largest absolute Gasteiger partial charge is 0.324 e. The van der Waals surface area contributed by atoms with Crippen molar-refractivity contribution >= 4 is 16.7 Å². The van der Waals surface area contributed by atoms with Crippen LogP contribution < -0.4 is 0 Å². The number of likely N-dealkylation sites (N-methyl/N-ethyl adjacent to an activating group) is 1. The van der Waals surface area contributed by atoms with Gasteiger partial charge in [-0.2, -0.15) is 0 Å². The topological polar surface area (TPSA) is 33.4 Å². The van der Waals surface area contributed by atoms with E-state index in [1.165, 1.54) is 29.0 Å². The van der Waals surface area contributed by atoms with E-state index in [0.717, 1.165) is 50.5 Å². The van der Waals surface area contributed by atoms with Gasteiger partial charge in [0, 0.05) is 37.8 Å². The third-order valence-electron chi connectivity index (χ3n) is 5.63. The zero-order chi connectivity index (χ0) is 16.7. The van der Waals surface area contributed by atoms with Gasteiger partial charge >= 0.3 is 0 Å². The number of rotatable bonds is 2. The summed E-state index contributed by atoms with van der Waals surface area (Å²) in [5.41, 5.74) is 4.96. The van der Waals surface area contributed by atoms with Crippen molar-refractivity contribution in [2.45, 2.75) is 46.1 Å². The van der Waals surface area contributed by atoms with Gasteiger partial charge in [-0.25, -0.2) is 4.98 Å². The second kappa shape index (κ2) is 6.32. The molecule has 2 aromatic rings. The van der Waals surface area contributed by atoms with Crippen LogP contribution in [-0.2, 0) is 6.42 Å². The zero-order valence-corrected chi connectivity index (χ0v) is 15.1. The van der Waals surface area contributed by atoms with Crippen molar-refractivity contribution in [3.63, 3.8) is 0 Å². The van der Waals surface area contributed by atoms with Crippen LogP contribution in [0.5, 0.6) is 0 Å². The fraction of sp³-hybridized carbons (Fsp3) is 0.600. The number of aromatic nitrogens is 2. The summed E-state index contributed by atoms with van der Waals surface area (Å²) < 4.78 is 2.46. The standard InChI is InChI=1S/C20H28N4/c1-4-23-10-9-20-22-18-11-16(17-7-5-14(2)12-21-17)6-8-19(18)24(20)15(3)13-23/h6,8,11,14-15H,4-5,7,9-10,12-13H2,1-3H3/t14-,15?/m0/s1. The van der Waals surface area contributed by atoms with Crippen molar-refractivity contribution in [2.75, 3.05) is 26.2 Å². The van der Waals surface area contributed by atoms with Gasteiger partial charge in [-0.05, 0) is 49.9 Å². The normalized spacial score (nSPS) is 25.4. The number of benzene rings is 1. The van der Waals surface area contributed by atoms with Gasteiger partial charge in [0.1, 0.15) is 5.82 Å².